The fourth-order valence-electron chi connectivity index (χ4n) is 5.50. The lowest BCUT2D eigenvalue weighted by Crippen LogP contribution is -2.56. The molecule has 1 heterocycles. The Hall–Kier alpha value is -2.73. The third-order valence-corrected chi connectivity index (χ3v) is 8.57. The predicted octanol–water partition coefficient (Wildman–Crippen LogP) is 6.03. The summed E-state index contributed by atoms with van der Waals surface area (Å²) in [7, 11) is 0.621. The SMILES string of the molecule is C[N+]1(C)C(C=C(c2ccccc2)c2ccccc2)CC2CCC1C2.Cc1ccc(S(=O)(=O)[O-])cc1. The molecule has 0 aromatic heterocycles. The topological polar surface area (TPSA) is 57.2 Å². The summed E-state index contributed by atoms with van der Waals surface area (Å²) in [5.74, 6) is 0.940. The van der Waals surface area contributed by atoms with Gasteiger partial charge in [-0.15, -0.1) is 0 Å². The van der Waals surface area contributed by atoms with Crippen LogP contribution in [0.15, 0.2) is 95.9 Å². The van der Waals surface area contributed by atoms with E-state index in [2.05, 4.69) is 80.8 Å². The first-order valence-electron chi connectivity index (χ1n) is 12.3. The molecule has 184 valence electrons. The lowest BCUT2D eigenvalue weighted by atomic mass is 9.87. The second-order valence-corrected chi connectivity index (χ2v) is 11.7. The van der Waals surface area contributed by atoms with Crippen LogP contribution >= 0.6 is 0 Å². The Bertz CT molecular complexity index is 1210. The smallest absolute Gasteiger partial charge is 0.124 e. The Labute approximate surface area is 210 Å². The molecule has 2 fully saturated rings. The molecule has 3 aromatic rings. The molecule has 0 N–H and O–H groups in total. The summed E-state index contributed by atoms with van der Waals surface area (Å²) in [5.41, 5.74) is 4.99. The van der Waals surface area contributed by atoms with E-state index in [4.69, 9.17) is 0 Å². The van der Waals surface area contributed by atoms with Crippen LogP contribution in [0.4, 0.5) is 0 Å². The van der Waals surface area contributed by atoms with Gasteiger partial charge >= 0.3 is 0 Å². The van der Waals surface area contributed by atoms with E-state index in [0.717, 1.165) is 22.0 Å². The first-order valence-corrected chi connectivity index (χ1v) is 13.7. The summed E-state index contributed by atoms with van der Waals surface area (Å²) in [6.45, 7) is 1.82. The number of likely N-dealkylation sites (tertiary alicyclic amines) is 1. The molecule has 3 atom stereocenters. The average molecular weight is 490 g/mol. The summed E-state index contributed by atoms with van der Waals surface area (Å²) >= 11 is 0. The Balaban J connectivity index is 0.000000221. The van der Waals surface area contributed by atoms with E-state index in [1.807, 2.05) is 6.92 Å². The molecule has 1 saturated carbocycles. The molecule has 4 nitrogen and oxygen atoms in total. The molecular formula is C30H35NO3S. The van der Waals surface area contributed by atoms with Crippen molar-refractivity contribution >= 4 is 15.7 Å². The largest absolute Gasteiger partial charge is 0.744 e. The van der Waals surface area contributed by atoms with Crippen molar-refractivity contribution < 1.29 is 17.5 Å². The van der Waals surface area contributed by atoms with Crippen molar-refractivity contribution in [1.29, 1.82) is 0 Å². The molecule has 35 heavy (non-hydrogen) atoms. The van der Waals surface area contributed by atoms with Crippen LogP contribution < -0.4 is 0 Å². The van der Waals surface area contributed by atoms with Crippen LogP contribution in [0.5, 0.6) is 0 Å². The second-order valence-electron chi connectivity index (χ2n) is 10.3. The zero-order chi connectivity index (χ0) is 25.1. The number of fused-ring (bicyclic) bond motifs is 2. The van der Waals surface area contributed by atoms with Crippen LogP contribution in [0, 0.1) is 12.8 Å². The Morgan fingerprint density at radius 1 is 0.829 bits per heavy atom. The van der Waals surface area contributed by atoms with Crippen LogP contribution in [-0.4, -0.2) is 43.6 Å². The minimum atomic E-state index is -4.27. The minimum Gasteiger partial charge on any atom is -0.744 e. The zero-order valence-electron chi connectivity index (χ0n) is 20.8. The van der Waals surface area contributed by atoms with Crippen LogP contribution in [0.25, 0.3) is 5.57 Å². The van der Waals surface area contributed by atoms with Crippen molar-refractivity contribution in [2.75, 3.05) is 14.1 Å². The van der Waals surface area contributed by atoms with Crippen molar-refractivity contribution in [1.82, 2.24) is 0 Å². The molecule has 2 aliphatic rings. The highest BCUT2D eigenvalue weighted by Gasteiger charge is 2.46. The number of aryl methyl sites for hydroxylation is 1. The Kier molecular flexibility index (Phi) is 7.60. The Morgan fingerprint density at radius 2 is 1.37 bits per heavy atom. The number of hydrogen-bond donors (Lipinski definition) is 0. The first kappa shape index (κ1) is 25.4. The van der Waals surface area contributed by atoms with E-state index >= 15 is 0 Å². The van der Waals surface area contributed by atoms with E-state index in [-0.39, 0.29) is 4.90 Å². The van der Waals surface area contributed by atoms with Crippen LogP contribution in [0.2, 0.25) is 0 Å². The van der Waals surface area contributed by atoms with Crippen molar-refractivity contribution in [3.05, 3.63) is 108 Å². The van der Waals surface area contributed by atoms with Gasteiger partial charge in [0.15, 0.2) is 0 Å². The molecule has 3 aromatic carbocycles. The predicted molar refractivity (Wildman–Crippen MR) is 141 cm³/mol. The van der Waals surface area contributed by atoms with E-state index in [9.17, 15) is 13.0 Å². The number of rotatable bonds is 4. The van der Waals surface area contributed by atoms with Gasteiger partial charge in [0.2, 0.25) is 0 Å². The van der Waals surface area contributed by atoms with E-state index in [0.29, 0.717) is 6.04 Å². The fourth-order valence-corrected chi connectivity index (χ4v) is 5.97. The van der Waals surface area contributed by atoms with Gasteiger partial charge in [-0.2, -0.15) is 0 Å². The van der Waals surface area contributed by atoms with Gasteiger partial charge in [-0.1, -0.05) is 78.4 Å². The van der Waals surface area contributed by atoms with Gasteiger partial charge in [0.25, 0.3) is 0 Å². The molecule has 1 saturated heterocycles. The Morgan fingerprint density at radius 3 is 1.89 bits per heavy atom. The zero-order valence-corrected chi connectivity index (χ0v) is 21.6. The summed E-state index contributed by atoms with van der Waals surface area (Å²) in [4.78, 5) is -0.178. The highest BCUT2D eigenvalue weighted by atomic mass is 32.2. The minimum absolute atomic E-state index is 0.178. The quantitative estimate of drug-likeness (QED) is 0.332. The number of quaternary nitrogens is 1. The average Bonchev–Trinajstić information content (AvgIpc) is 3.28. The molecule has 2 bridgehead atoms. The molecule has 3 unspecified atom stereocenters. The third-order valence-electron chi connectivity index (χ3n) is 7.72. The van der Waals surface area contributed by atoms with Gasteiger partial charge in [-0.25, -0.2) is 8.42 Å². The van der Waals surface area contributed by atoms with E-state index < -0.39 is 10.1 Å². The number of benzene rings is 3. The van der Waals surface area contributed by atoms with Gasteiger partial charge < -0.3 is 9.04 Å². The molecular weight excluding hydrogens is 454 g/mol. The van der Waals surface area contributed by atoms with Gasteiger partial charge in [0, 0.05) is 12.8 Å². The molecule has 0 amide bonds. The molecule has 0 radical (unpaired) electrons. The van der Waals surface area contributed by atoms with Crippen molar-refractivity contribution in [3.8, 4) is 0 Å². The highest BCUT2D eigenvalue weighted by molar-refractivity contribution is 7.85. The van der Waals surface area contributed by atoms with E-state index in [1.165, 1.54) is 54.5 Å². The lowest BCUT2D eigenvalue weighted by Gasteiger charge is -2.45. The summed E-state index contributed by atoms with van der Waals surface area (Å²) < 4.78 is 32.3. The van der Waals surface area contributed by atoms with E-state index in [1.54, 1.807) is 12.1 Å². The molecule has 1 aliphatic heterocycles. The monoisotopic (exact) mass is 489 g/mol. The van der Waals surface area contributed by atoms with Crippen LogP contribution in [0.1, 0.15) is 42.4 Å². The second kappa shape index (κ2) is 10.5. The van der Waals surface area contributed by atoms with Gasteiger partial charge in [0.05, 0.1) is 25.0 Å². The van der Waals surface area contributed by atoms with Crippen molar-refractivity contribution in [3.63, 3.8) is 0 Å². The van der Waals surface area contributed by atoms with Crippen LogP contribution in [-0.2, 0) is 10.1 Å². The van der Waals surface area contributed by atoms with Crippen molar-refractivity contribution in [2.24, 2.45) is 5.92 Å². The van der Waals surface area contributed by atoms with Gasteiger partial charge in [-0.05, 0) is 60.6 Å². The number of nitrogens with zero attached hydrogens (tertiary/aromatic N) is 1. The fraction of sp³-hybridized carbons (Fsp3) is 0.333. The number of hydrogen-bond acceptors (Lipinski definition) is 3. The highest BCUT2D eigenvalue weighted by Crippen LogP contribution is 2.44. The van der Waals surface area contributed by atoms with Gasteiger partial charge in [0.1, 0.15) is 16.2 Å². The molecule has 1 aliphatic carbocycles. The summed E-state index contributed by atoms with van der Waals surface area (Å²) in [5, 5.41) is 0. The van der Waals surface area contributed by atoms with Crippen LogP contribution in [0.3, 0.4) is 0 Å². The number of likely N-dealkylation sites (N-methyl/N-ethyl adjacent to an activating group) is 1. The summed E-state index contributed by atoms with van der Waals surface area (Å²) in [6, 6.07) is 29.0. The lowest BCUT2D eigenvalue weighted by molar-refractivity contribution is -0.936. The first-order chi connectivity index (χ1) is 16.6. The maximum Gasteiger partial charge on any atom is 0.124 e. The standard InChI is InChI=1S/C23H28N.C7H8O3S/c1-24(2)21-14-13-18(15-21)16-22(24)17-23(19-9-5-3-6-10-19)20-11-7-4-8-12-20;1-6-2-4-7(5-3-6)11(8,9)10/h3-12,17-18,21-22H,13-16H2,1-2H3;2-5H,1H3,(H,8,9,10)/q+1;/p-1. The maximum absolute atomic E-state index is 10.4. The third kappa shape index (κ3) is 6.10. The van der Waals surface area contributed by atoms with Crippen molar-refractivity contribution in [2.45, 2.75) is 49.6 Å². The molecule has 5 heteroatoms. The normalized spacial score (nSPS) is 22.6. The van der Waals surface area contributed by atoms with Gasteiger partial charge in [-0.3, -0.25) is 0 Å². The molecule has 5 rings (SSSR count). The maximum atomic E-state index is 10.4. The number of piperidine rings is 1. The summed E-state index contributed by atoms with van der Waals surface area (Å²) in [6.07, 6.45) is 8.20. The molecule has 0 spiro atoms.